The van der Waals surface area contributed by atoms with Crippen LogP contribution in [0.1, 0.15) is 6.42 Å². The van der Waals surface area contributed by atoms with Crippen molar-refractivity contribution >= 4 is 39.2 Å². The first-order valence-electron chi connectivity index (χ1n) is 7.51. The number of para-hydroxylation sites is 2. The number of thiazole rings is 1. The lowest BCUT2D eigenvalue weighted by molar-refractivity contribution is -0.126. The summed E-state index contributed by atoms with van der Waals surface area (Å²) in [6.07, 6.45) is 3.29. The Balaban J connectivity index is 1.53. The number of amides is 1. The molecule has 1 unspecified atom stereocenters. The number of rotatable bonds is 3. The molecule has 1 aromatic carbocycles. The molecule has 4 rings (SSSR count). The van der Waals surface area contributed by atoms with Crippen molar-refractivity contribution in [3.05, 3.63) is 42.0 Å². The first-order valence-corrected chi connectivity index (χ1v) is 8.39. The fraction of sp³-hybridized carbons (Fsp3) is 0.250. The summed E-state index contributed by atoms with van der Waals surface area (Å²) in [5.74, 6) is -0.0797. The molecule has 1 fully saturated rings. The lowest BCUT2D eigenvalue weighted by Gasteiger charge is -2.20. The molecule has 3 aromatic rings. The molecule has 0 radical (unpaired) electrons. The zero-order valence-electron chi connectivity index (χ0n) is 12.6. The summed E-state index contributed by atoms with van der Waals surface area (Å²) in [5.41, 5.74) is -0.425. The first kappa shape index (κ1) is 14.9. The highest BCUT2D eigenvalue weighted by Crippen LogP contribution is 2.30. The van der Waals surface area contributed by atoms with Crippen molar-refractivity contribution in [1.29, 1.82) is 0 Å². The molecule has 1 aliphatic heterocycles. The van der Waals surface area contributed by atoms with E-state index in [4.69, 9.17) is 0 Å². The van der Waals surface area contributed by atoms with Crippen LogP contribution in [0, 0.1) is 0 Å². The van der Waals surface area contributed by atoms with Gasteiger partial charge in [0.15, 0.2) is 5.13 Å². The van der Waals surface area contributed by atoms with E-state index in [1.54, 1.807) is 22.7 Å². The molecule has 24 heavy (non-hydrogen) atoms. The van der Waals surface area contributed by atoms with Crippen LogP contribution in [0.4, 0.5) is 15.3 Å². The topological polar surface area (TPSA) is 71.0 Å². The lowest BCUT2D eigenvalue weighted by Crippen LogP contribution is -2.41. The number of halogens is 1. The standard InChI is InChI=1S/C16H14FN5OS/c17-16(14(23)21-15-18-6-8-24-15)5-7-22(10-16)13-9-19-11-3-1-2-4-12(11)20-13/h1-4,6,8-9H,5,7,10H2,(H,18,21,23). The molecule has 6 nitrogen and oxygen atoms in total. The van der Waals surface area contributed by atoms with Crippen molar-refractivity contribution in [2.45, 2.75) is 12.1 Å². The number of anilines is 2. The highest BCUT2D eigenvalue weighted by atomic mass is 32.1. The van der Waals surface area contributed by atoms with Gasteiger partial charge >= 0.3 is 0 Å². The Morgan fingerprint density at radius 1 is 1.29 bits per heavy atom. The molecule has 1 aliphatic rings. The summed E-state index contributed by atoms with van der Waals surface area (Å²) >= 11 is 1.26. The monoisotopic (exact) mass is 343 g/mol. The number of fused-ring (bicyclic) bond motifs is 1. The van der Waals surface area contributed by atoms with E-state index in [9.17, 15) is 4.79 Å². The molecule has 0 saturated carbocycles. The number of carbonyl (C=O) groups excluding carboxylic acids is 1. The summed E-state index contributed by atoms with van der Waals surface area (Å²) in [5, 5.41) is 4.67. The van der Waals surface area contributed by atoms with Crippen molar-refractivity contribution in [3.63, 3.8) is 0 Å². The number of benzene rings is 1. The minimum atomic E-state index is -1.96. The first-order chi connectivity index (χ1) is 11.6. The van der Waals surface area contributed by atoms with Crippen LogP contribution in [0.25, 0.3) is 11.0 Å². The largest absolute Gasteiger partial charge is 0.351 e. The van der Waals surface area contributed by atoms with Gasteiger partial charge in [-0.25, -0.2) is 14.4 Å². The van der Waals surface area contributed by atoms with Gasteiger partial charge in [-0.15, -0.1) is 11.3 Å². The molecule has 122 valence electrons. The zero-order valence-corrected chi connectivity index (χ0v) is 13.5. The predicted octanol–water partition coefficient (Wildman–Crippen LogP) is 2.64. The Kier molecular flexibility index (Phi) is 3.61. The predicted molar refractivity (Wildman–Crippen MR) is 91.0 cm³/mol. The number of aromatic nitrogens is 3. The normalized spacial score (nSPS) is 20.5. The third kappa shape index (κ3) is 2.69. The van der Waals surface area contributed by atoms with Crippen LogP contribution in [0.3, 0.4) is 0 Å². The number of nitrogens with zero attached hydrogens (tertiary/aromatic N) is 4. The fourth-order valence-electron chi connectivity index (χ4n) is 2.75. The molecule has 8 heteroatoms. The van der Waals surface area contributed by atoms with Gasteiger partial charge in [0.25, 0.3) is 5.91 Å². The SMILES string of the molecule is O=C(Nc1nccs1)C1(F)CCN(c2cnc3ccccc3n2)C1. The lowest BCUT2D eigenvalue weighted by atomic mass is 10.1. The van der Waals surface area contributed by atoms with Crippen molar-refractivity contribution in [2.75, 3.05) is 23.3 Å². The van der Waals surface area contributed by atoms with Gasteiger partial charge in [0.05, 0.1) is 23.8 Å². The van der Waals surface area contributed by atoms with Gasteiger partial charge in [0.1, 0.15) is 5.82 Å². The van der Waals surface area contributed by atoms with Gasteiger partial charge in [-0.3, -0.25) is 15.1 Å². The van der Waals surface area contributed by atoms with Gasteiger partial charge in [0, 0.05) is 24.5 Å². The van der Waals surface area contributed by atoms with Crippen molar-refractivity contribution in [2.24, 2.45) is 0 Å². The van der Waals surface area contributed by atoms with Gasteiger partial charge < -0.3 is 4.90 Å². The quantitative estimate of drug-likeness (QED) is 0.792. The van der Waals surface area contributed by atoms with Crippen LogP contribution >= 0.6 is 11.3 Å². The fourth-order valence-corrected chi connectivity index (χ4v) is 3.27. The Labute approximate surface area is 141 Å². The van der Waals surface area contributed by atoms with E-state index in [1.165, 1.54) is 11.3 Å². The molecule has 1 amide bonds. The maximum absolute atomic E-state index is 15.0. The highest BCUT2D eigenvalue weighted by Gasteiger charge is 2.46. The Morgan fingerprint density at radius 2 is 2.12 bits per heavy atom. The average Bonchev–Trinajstić information content (AvgIpc) is 3.25. The van der Waals surface area contributed by atoms with Crippen LogP contribution in [-0.4, -0.2) is 39.6 Å². The second-order valence-corrected chi connectivity index (χ2v) is 6.54. The van der Waals surface area contributed by atoms with Gasteiger partial charge in [-0.1, -0.05) is 12.1 Å². The molecule has 0 aliphatic carbocycles. The van der Waals surface area contributed by atoms with Crippen LogP contribution in [-0.2, 0) is 4.79 Å². The number of alkyl halides is 1. The zero-order chi connectivity index (χ0) is 16.6. The maximum atomic E-state index is 15.0. The molecule has 2 aromatic heterocycles. The molecule has 1 N–H and O–H groups in total. The van der Waals surface area contributed by atoms with Crippen molar-refractivity contribution in [3.8, 4) is 0 Å². The minimum absolute atomic E-state index is 0.0444. The van der Waals surface area contributed by atoms with Crippen molar-refractivity contribution in [1.82, 2.24) is 15.0 Å². The van der Waals surface area contributed by atoms with Crippen LogP contribution in [0.5, 0.6) is 0 Å². The van der Waals surface area contributed by atoms with E-state index in [0.29, 0.717) is 17.5 Å². The van der Waals surface area contributed by atoms with Gasteiger partial charge in [-0.2, -0.15) is 0 Å². The van der Waals surface area contributed by atoms with E-state index in [2.05, 4.69) is 20.3 Å². The summed E-state index contributed by atoms with van der Waals surface area (Å²) in [6, 6.07) is 7.50. The third-order valence-corrected chi connectivity index (χ3v) is 4.73. The molecule has 1 atom stereocenters. The summed E-state index contributed by atoms with van der Waals surface area (Å²) in [6.45, 7) is 0.367. The number of hydrogen-bond acceptors (Lipinski definition) is 6. The van der Waals surface area contributed by atoms with Crippen LogP contribution in [0.15, 0.2) is 42.0 Å². The summed E-state index contributed by atoms with van der Waals surface area (Å²) in [4.78, 5) is 26.8. The number of carbonyl (C=O) groups is 1. The molecule has 0 bridgehead atoms. The van der Waals surface area contributed by atoms with E-state index >= 15 is 4.39 Å². The van der Waals surface area contributed by atoms with Crippen LogP contribution in [0.2, 0.25) is 0 Å². The Morgan fingerprint density at radius 3 is 2.92 bits per heavy atom. The van der Waals surface area contributed by atoms with Crippen LogP contribution < -0.4 is 10.2 Å². The minimum Gasteiger partial charge on any atom is -0.351 e. The second kappa shape index (κ2) is 5.79. The van der Waals surface area contributed by atoms with Crippen molar-refractivity contribution < 1.29 is 9.18 Å². The Hall–Kier alpha value is -2.61. The highest BCUT2D eigenvalue weighted by molar-refractivity contribution is 7.13. The maximum Gasteiger partial charge on any atom is 0.265 e. The van der Waals surface area contributed by atoms with E-state index < -0.39 is 11.6 Å². The molecule has 3 heterocycles. The van der Waals surface area contributed by atoms with E-state index in [0.717, 1.165) is 11.0 Å². The average molecular weight is 343 g/mol. The smallest absolute Gasteiger partial charge is 0.265 e. The molecular formula is C16H14FN5OS. The molecule has 1 saturated heterocycles. The molecular weight excluding hydrogens is 329 g/mol. The second-order valence-electron chi connectivity index (χ2n) is 5.65. The van der Waals surface area contributed by atoms with E-state index in [1.807, 2.05) is 24.3 Å². The third-order valence-electron chi connectivity index (χ3n) is 4.04. The molecule has 0 spiro atoms. The number of hydrogen-bond donors (Lipinski definition) is 1. The summed E-state index contributed by atoms with van der Waals surface area (Å²) in [7, 11) is 0. The summed E-state index contributed by atoms with van der Waals surface area (Å²) < 4.78 is 15.0. The van der Waals surface area contributed by atoms with Gasteiger partial charge in [0.2, 0.25) is 5.67 Å². The number of nitrogens with one attached hydrogen (secondary N) is 1. The van der Waals surface area contributed by atoms with E-state index in [-0.39, 0.29) is 13.0 Å². The van der Waals surface area contributed by atoms with Gasteiger partial charge in [-0.05, 0) is 12.1 Å². The Bertz CT molecular complexity index is 887.